The number of hydrogen-bond donors (Lipinski definition) is 4. The molecule has 0 rings (SSSR count). The number of ether oxygens (including phenoxy) is 1. The molecule has 92 valence electrons. The quantitative estimate of drug-likeness (QED) is 0.449. The minimum Gasteiger partial charge on any atom is -0.394 e. The number of hydrogen-bond acceptors (Lipinski definition) is 5. The summed E-state index contributed by atoms with van der Waals surface area (Å²) in [7, 11) is 0. The fourth-order valence-electron chi connectivity index (χ4n) is 1.35. The van der Waals surface area contributed by atoms with E-state index in [0.29, 0.717) is 0 Å². The van der Waals surface area contributed by atoms with Gasteiger partial charge in [-0.05, 0) is 12.8 Å². The second kappa shape index (κ2) is 7.14. The summed E-state index contributed by atoms with van der Waals surface area (Å²) < 4.78 is 5.21. The normalized spacial score (nSPS) is 20.0. The summed E-state index contributed by atoms with van der Waals surface area (Å²) >= 11 is 0. The molecular weight excluding hydrogens is 200 g/mol. The van der Waals surface area contributed by atoms with Crippen molar-refractivity contribution in [3.05, 3.63) is 0 Å². The van der Waals surface area contributed by atoms with Crippen molar-refractivity contribution in [2.24, 2.45) is 5.92 Å². The molecule has 0 aromatic rings. The van der Waals surface area contributed by atoms with Crippen LogP contribution < -0.4 is 0 Å². The largest absolute Gasteiger partial charge is 0.394 e. The maximum Gasteiger partial charge on any atom is 0.109 e. The van der Waals surface area contributed by atoms with E-state index in [4.69, 9.17) is 14.9 Å². The van der Waals surface area contributed by atoms with Gasteiger partial charge in [-0.1, -0.05) is 13.8 Å². The van der Waals surface area contributed by atoms with E-state index in [1.54, 1.807) is 0 Å². The molecule has 0 aliphatic rings. The van der Waals surface area contributed by atoms with Crippen molar-refractivity contribution >= 4 is 0 Å². The molecule has 0 aliphatic heterocycles. The SMILES string of the molecule is CC(C)[C@H](OCCO)C(O)C(O)[C@@H](C)O. The molecule has 0 spiro atoms. The summed E-state index contributed by atoms with van der Waals surface area (Å²) in [5, 5.41) is 36.9. The van der Waals surface area contributed by atoms with Crippen LogP contribution in [0.5, 0.6) is 0 Å². The van der Waals surface area contributed by atoms with E-state index >= 15 is 0 Å². The van der Waals surface area contributed by atoms with Crippen molar-refractivity contribution in [2.45, 2.75) is 45.2 Å². The third-order valence-corrected chi connectivity index (χ3v) is 2.24. The number of rotatable bonds is 7. The molecule has 4 N–H and O–H groups in total. The highest BCUT2D eigenvalue weighted by atomic mass is 16.5. The van der Waals surface area contributed by atoms with Gasteiger partial charge in [0, 0.05) is 0 Å². The van der Waals surface area contributed by atoms with Gasteiger partial charge < -0.3 is 25.2 Å². The van der Waals surface area contributed by atoms with Crippen LogP contribution in [0.25, 0.3) is 0 Å². The van der Waals surface area contributed by atoms with Gasteiger partial charge in [0.1, 0.15) is 12.2 Å². The van der Waals surface area contributed by atoms with E-state index in [1.165, 1.54) is 6.92 Å². The first-order valence-electron chi connectivity index (χ1n) is 5.18. The Labute approximate surface area is 90.3 Å². The molecule has 5 nitrogen and oxygen atoms in total. The van der Waals surface area contributed by atoms with E-state index < -0.39 is 24.4 Å². The van der Waals surface area contributed by atoms with E-state index in [0.717, 1.165) is 0 Å². The highest BCUT2D eigenvalue weighted by Crippen LogP contribution is 2.15. The Morgan fingerprint density at radius 3 is 1.87 bits per heavy atom. The van der Waals surface area contributed by atoms with Gasteiger partial charge in [-0.2, -0.15) is 0 Å². The van der Waals surface area contributed by atoms with Crippen LogP contribution in [0.3, 0.4) is 0 Å². The average Bonchev–Trinajstić information content (AvgIpc) is 2.16. The molecular formula is C10H22O5. The van der Waals surface area contributed by atoms with Crippen molar-refractivity contribution < 1.29 is 25.2 Å². The minimum absolute atomic E-state index is 0.0139. The molecule has 15 heavy (non-hydrogen) atoms. The summed E-state index contributed by atoms with van der Waals surface area (Å²) in [5.41, 5.74) is 0. The number of aliphatic hydroxyl groups excluding tert-OH is 4. The second-order valence-electron chi connectivity index (χ2n) is 4.02. The third-order valence-electron chi connectivity index (χ3n) is 2.24. The molecule has 0 fully saturated rings. The Morgan fingerprint density at radius 1 is 1.00 bits per heavy atom. The standard InChI is InChI=1S/C10H22O5/c1-6(2)10(15-5-4-11)9(14)8(13)7(3)12/h6-14H,4-5H2,1-3H3/t7-,8?,9?,10+/m1/s1. The molecule has 0 radical (unpaired) electrons. The molecule has 0 aliphatic carbocycles. The summed E-state index contributed by atoms with van der Waals surface area (Å²) in [4.78, 5) is 0. The van der Waals surface area contributed by atoms with Crippen molar-refractivity contribution in [1.29, 1.82) is 0 Å². The van der Waals surface area contributed by atoms with Crippen LogP contribution in [0.2, 0.25) is 0 Å². The highest BCUT2D eigenvalue weighted by molar-refractivity contribution is 4.81. The monoisotopic (exact) mass is 222 g/mol. The Kier molecular flexibility index (Phi) is 7.04. The van der Waals surface area contributed by atoms with Crippen LogP contribution >= 0.6 is 0 Å². The van der Waals surface area contributed by atoms with Crippen LogP contribution in [-0.4, -0.2) is 58.1 Å². The van der Waals surface area contributed by atoms with E-state index in [2.05, 4.69) is 0 Å². The Bertz CT molecular complexity index is 160. The Balaban J connectivity index is 4.33. The van der Waals surface area contributed by atoms with Crippen LogP contribution in [0.4, 0.5) is 0 Å². The van der Waals surface area contributed by atoms with Gasteiger partial charge in [0.05, 0.1) is 25.4 Å². The van der Waals surface area contributed by atoms with Crippen LogP contribution in [0.15, 0.2) is 0 Å². The van der Waals surface area contributed by atoms with Crippen molar-refractivity contribution in [2.75, 3.05) is 13.2 Å². The number of aliphatic hydroxyl groups is 4. The van der Waals surface area contributed by atoms with Crippen molar-refractivity contribution in [3.63, 3.8) is 0 Å². The lowest BCUT2D eigenvalue weighted by molar-refractivity contribution is -0.135. The first-order valence-corrected chi connectivity index (χ1v) is 5.18. The van der Waals surface area contributed by atoms with E-state index in [1.807, 2.05) is 13.8 Å². The van der Waals surface area contributed by atoms with Gasteiger partial charge >= 0.3 is 0 Å². The molecule has 0 saturated carbocycles. The zero-order valence-corrected chi connectivity index (χ0v) is 9.50. The Morgan fingerprint density at radius 2 is 1.53 bits per heavy atom. The smallest absolute Gasteiger partial charge is 0.109 e. The zero-order valence-electron chi connectivity index (χ0n) is 9.50. The summed E-state index contributed by atoms with van der Waals surface area (Å²) in [5.74, 6) is -0.0139. The topological polar surface area (TPSA) is 90.2 Å². The lowest BCUT2D eigenvalue weighted by atomic mass is 9.95. The van der Waals surface area contributed by atoms with Crippen molar-refractivity contribution in [1.82, 2.24) is 0 Å². The second-order valence-corrected chi connectivity index (χ2v) is 4.02. The van der Waals surface area contributed by atoms with Gasteiger partial charge in [-0.25, -0.2) is 0 Å². The molecule has 5 heteroatoms. The fourth-order valence-corrected chi connectivity index (χ4v) is 1.35. The molecule has 0 aromatic carbocycles. The van der Waals surface area contributed by atoms with E-state index in [-0.39, 0.29) is 19.1 Å². The van der Waals surface area contributed by atoms with Gasteiger partial charge in [0.2, 0.25) is 0 Å². The summed E-state index contributed by atoms with van der Waals surface area (Å²) in [6.07, 6.45) is -4.01. The summed E-state index contributed by atoms with van der Waals surface area (Å²) in [6, 6.07) is 0. The molecule has 4 atom stereocenters. The van der Waals surface area contributed by atoms with Gasteiger partial charge in [0.15, 0.2) is 0 Å². The van der Waals surface area contributed by atoms with Crippen LogP contribution in [0.1, 0.15) is 20.8 Å². The first-order chi connectivity index (χ1) is 6.91. The van der Waals surface area contributed by atoms with Crippen molar-refractivity contribution in [3.8, 4) is 0 Å². The first kappa shape index (κ1) is 14.8. The van der Waals surface area contributed by atoms with Crippen LogP contribution in [-0.2, 0) is 4.74 Å². The lowest BCUT2D eigenvalue weighted by Gasteiger charge is -2.30. The Hall–Kier alpha value is -0.200. The average molecular weight is 222 g/mol. The van der Waals surface area contributed by atoms with Gasteiger partial charge in [-0.3, -0.25) is 0 Å². The molecule has 0 aromatic heterocycles. The third kappa shape index (κ3) is 4.90. The maximum absolute atomic E-state index is 9.73. The molecule has 0 saturated heterocycles. The highest BCUT2D eigenvalue weighted by Gasteiger charge is 2.31. The van der Waals surface area contributed by atoms with Gasteiger partial charge in [0.25, 0.3) is 0 Å². The molecule has 0 bridgehead atoms. The van der Waals surface area contributed by atoms with E-state index in [9.17, 15) is 10.2 Å². The lowest BCUT2D eigenvalue weighted by Crippen LogP contribution is -2.47. The van der Waals surface area contributed by atoms with Gasteiger partial charge in [-0.15, -0.1) is 0 Å². The predicted molar refractivity (Wildman–Crippen MR) is 55.4 cm³/mol. The molecule has 0 heterocycles. The minimum atomic E-state index is -1.24. The summed E-state index contributed by atoms with van der Waals surface area (Å²) in [6.45, 7) is 5.03. The molecule has 2 unspecified atom stereocenters. The molecule has 0 amide bonds. The zero-order chi connectivity index (χ0) is 12.0. The predicted octanol–water partition coefficient (Wildman–Crippen LogP) is -0.878. The van der Waals surface area contributed by atoms with Crippen LogP contribution in [0, 0.1) is 5.92 Å². The maximum atomic E-state index is 9.73. The fraction of sp³-hybridized carbons (Fsp3) is 1.00.